The van der Waals surface area contributed by atoms with E-state index >= 15 is 0 Å². The van der Waals surface area contributed by atoms with E-state index in [0.29, 0.717) is 12.1 Å². The highest BCUT2D eigenvalue weighted by atomic mass is 16.5. The van der Waals surface area contributed by atoms with Crippen LogP contribution < -0.4 is 5.32 Å². The molecular weight excluding hydrogens is 390 g/mol. The summed E-state index contributed by atoms with van der Waals surface area (Å²) in [5.74, 6) is 1.57. The van der Waals surface area contributed by atoms with Crippen LogP contribution >= 0.6 is 0 Å². The zero-order chi connectivity index (χ0) is 21.8. The number of morpholine rings is 1. The quantitative estimate of drug-likeness (QED) is 0.665. The van der Waals surface area contributed by atoms with Crippen molar-refractivity contribution in [2.75, 3.05) is 13.1 Å². The van der Waals surface area contributed by atoms with E-state index in [2.05, 4.69) is 34.0 Å². The van der Waals surface area contributed by atoms with Gasteiger partial charge in [0.1, 0.15) is 11.6 Å². The summed E-state index contributed by atoms with van der Waals surface area (Å²) in [4.78, 5) is 23.6. The molecule has 3 heterocycles. The molecule has 3 aromatic rings. The molecule has 7 heteroatoms. The van der Waals surface area contributed by atoms with E-state index in [9.17, 15) is 4.79 Å². The normalized spacial score (nSPS) is 19.3. The molecule has 0 spiro atoms. The second-order valence-corrected chi connectivity index (χ2v) is 8.20. The number of aromatic nitrogens is 3. The number of amides is 1. The van der Waals surface area contributed by atoms with E-state index in [-0.39, 0.29) is 18.1 Å². The predicted octanol–water partition coefficient (Wildman–Crippen LogP) is 3.11. The number of pyridine rings is 1. The molecule has 1 aliphatic heterocycles. The summed E-state index contributed by atoms with van der Waals surface area (Å²) in [6, 6.07) is 11.7. The minimum Gasteiger partial charge on any atom is -0.373 e. The number of nitrogens with one attached hydrogen (secondary N) is 1. The fourth-order valence-corrected chi connectivity index (χ4v) is 4.04. The molecule has 2 unspecified atom stereocenters. The summed E-state index contributed by atoms with van der Waals surface area (Å²) in [6.45, 7) is 9.32. The molecule has 0 radical (unpaired) electrons. The monoisotopic (exact) mass is 419 g/mol. The lowest BCUT2D eigenvalue weighted by Crippen LogP contribution is -2.44. The first kappa shape index (κ1) is 21.2. The van der Waals surface area contributed by atoms with Gasteiger partial charge in [-0.2, -0.15) is 0 Å². The Hall–Kier alpha value is -3.03. The SMILES string of the molecule is Cc1nccn1-c1cc(CNC(=O)c2ccc(CN3CC(C)OC(C)C3)cc2)ccn1. The van der Waals surface area contributed by atoms with Crippen molar-refractivity contribution in [3.63, 3.8) is 0 Å². The predicted molar refractivity (Wildman–Crippen MR) is 119 cm³/mol. The molecule has 1 saturated heterocycles. The fourth-order valence-electron chi connectivity index (χ4n) is 4.04. The zero-order valence-electron chi connectivity index (χ0n) is 18.3. The molecule has 1 aliphatic rings. The smallest absolute Gasteiger partial charge is 0.251 e. The Morgan fingerprint density at radius 2 is 1.81 bits per heavy atom. The molecule has 0 aliphatic carbocycles. The maximum absolute atomic E-state index is 12.6. The van der Waals surface area contributed by atoms with E-state index in [1.807, 2.05) is 54.1 Å². The van der Waals surface area contributed by atoms with Gasteiger partial charge in [-0.15, -0.1) is 0 Å². The molecule has 1 N–H and O–H groups in total. The third kappa shape index (κ3) is 5.37. The van der Waals surface area contributed by atoms with Crippen LogP contribution in [0.4, 0.5) is 0 Å². The number of carbonyl (C=O) groups is 1. The van der Waals surface area contributed by atoms with Gasteiger partial charge in [0.05, 0.1) is 12.2 Å². The first-order valence-corrected chi connectivity index (χ1v) is 10.7. The van der Waals surface area contributed by atoms with Crippen molar-refractivity contribution in [2.45, 2.75) is 46.1 Å². The van der Waals surface area contributed by atoms with Crippen LogP contribution in [0.5, 0.6) is 0 Å². The molecule has 2 atom stereocenters. The maximum Gasteiger partial charge on any atom is 0.251 e. The van der Waals surface area contributed by atoms with Gasteiger partial charge in [0, 0.05) is 50.3 Å². The Labute approximate surface area is 183 Å². The van der Waals surface area contributed by atoms with E-state index in [4.69, 9.17) is 4.74 Å². The molecule has 0 saturated carbocycles. The molecule has 0 bridgehead atoms. The summed E-state index contributed by atoms with van der Waals surface area (Å²) >= 11 is 0. The number of hydrogen-bond donors (Lipinski definition) is 1. The van der Waals surface area contributed by atoms with Crippen molar-refractivity contribution < 1.29 is 9.53 Å². The van der Waals surface area contributed by atoms with Gasteiger partial charge < -0.3 is 10.1 Å². The molecule has 2 aromatic heterocycles. The van der Waals surface area contributed by atoms with Crippen molar-refractivity contribution >= 4 is 5.91 Å². The first-order chi connectivity index (χ1) is 15.0. The Bertz CT molecular complexity index is 1020. The Balaban J connectivity index is 1.33. The highest BCUT2D eigenvalue weighted by Gasteiger charge is 2.22. The molecule has 7 nitrogen and oxygen atoms in total. The number of benzene rings is 1. The van der Waals surface area contributed by atoms with Crippen molar-refractivity contribution in [1.82, 2.24) is 24.8 Å². The van der Waals surface area contributed by atoms with Crippen LogP contribution in [0.1, 0.15) is 41.2 Å². The van der Waals surface area contributed by atoms with Gasteiger partial charge in [0.25, 0.3) is 5.91 Å². The van der Waals surface area contributed by atoms with E-state index in [1.54, 1.807) is 12.4 Å². The zero-order valence-corrected chi connectivity index (χ0v) is 18.3. The van der Waals surface area contributed by atoms with E-state index in [0.717, 1.165) is 36.8 Å². The standard InChI is InChI=1S/C24H29N5O2/c1-17-14-28(15-18(2)31-17)16-20-4-6-22(7-5-20)24(30)27-13-21-8-9-26-23(12-21)29-11-10-25-19(29)3/h4-12,17-18H,13-16H2,1-3H3,(H,27,30). The van der Waals surface area contributed by atoms with Gasteiger partial charge in [-0.05, 0) is 56.2 Å². The lowest BCUT2D eigenvalue weighted by atomic mass is 10.1. The van der Waals surface area contributed by atoms with Gasteiger partial charge >= 0.3 is 0 Å². The number of aryl methyl sites for hydroxylation is 1. The van der Waals surface area contributed by atoms with Gasteiger partial charge in [-0.3, -0.25) is 14.3 Å². The van der Waals surface area contributed by atoms with Crippen LogP contribution in [-0.4, -0.2) is 50.6 Å². The average Bonchev–Trinajstić information content (AvgIpc) is 3.18. The lowest BCUT2D eigenvalue weighted by molar-refractivity contribution is -0.0704. The van der Waals surface area contributed by atoms with Crippen molar-refractivity contribution in [3.05, 3.63) is 77.5 Å². The van der Waals surface area contributed by atoms with Crippen LogP contribution in [0.3, 0.4) is 0 Å². The summed E-state index contributed by atoms with van der Waals surface area (Å²) in [5, 5.41) is 3.00. The minimum atomic E-state index is -0.0858. The number of nitrogens with zero attached hydrogens (tertiary/aromatic N) is 4. The van der Waals surface area contributed by atoms with Crippen molar-refractivity contribution in [3.8, 4) is 5.82 Å². The molecule has 1 aromatic carbocycles. The van der Waals surface area contributed by atoms with Crippen LogP contribution in [0.2, 0.25) is 0 Å². The van der Waals surface area contributed by atoms with Gasteiger partial charge in [0.2, 0.25) is 0 Å². The molecule has 4 rings (SSSR count). The average molecular weight is 420 g/mol. The molecule has 31 heavy (non-hydrogen) atoms. The molecule has 1 fully saturated rings. The highest BCUT2D eigenvalue weighted by Crippen LogP contribution is 2.15. The number of carbonyl (C=O) groups excluding carboxylic acids is 1. The Morgan fingerprint density at radius 1 is 1.06 bits per heavy atom. The minimum absolute atomic E-state index is 0.0858. The van der Waals surface area contributed by atoms with Crippen LogP contribution in [0, 0.1) is 6.92 Å². The molecule has 162 valence electrons. The summed E-state index contributed by atoms with van der Waals surface area (Å²) in [7, 11) is 0. The number of hydrogen-bond acceptors (Lipinski definition) is 5. The van der Waals surface area contributed by atoms with Crippen LogP contribution in [0.25, 0.3) is 5.82 Å². The number of ether oxygens (including phenoxy) is 1. The largest absolute Gasteiger partial charge is 0.373 e. The van der Waals surface area contributed by atoms with E-state index in [1.165, 1.54) is 5.56 Å². The lowest BCUT2D eigenvalue weighted by Gasteiger charge is -2.35. The van der Waals surface area contributed by atoms with Gasteiger partial charge in [-0.1, -0.05) is 12.1 Å². The summed E-state index contributed by atoms with van der Waals surface area (Å²) in [5.41, 5.74) is 2.85. The third-order valence-electron chi connectivity index (χ3n) is 5.45. The molecule has 1 amide bonds. The van der Waals surface area contributed by atoms with Crippen molar-refractivity contribution in [2.24, 2.45) is 0 Å². The van der Waals surface area contributed by atoms with Gasteiger partial charge in [0.15, 0.2) is 0 Å². The second-order valence-electron chi connectivity index (χ2n) is 8.20. The van der Waals surface area contributed by atoms with Crippen LogP contribution in [-0.2, 0) is 17.8 Å². The highest BCUT2D eigenvalue weighted by molar-refractivity contribution is 5.94. The molecular formula is C24H29N5O2. The first-order valence-electron chi connectivity index (χ1n) is 10.7. The number of imidazole rings is 1. The summed E-state index contributed by atoms with van der Waals surface area (Å²) in [6.07, 6.45) is 5.87. The third-order valence-corrected chi connectivity index (χ3v) is 5.45. The van der Waals surface area contributed by atoms with Gasteiger partial charge in [-0.25, -0.2) is 9.97 Å². The Kier molecular flexibility index (Phi) is 6.44. The van der Waals surface area contributed by atoms with E-state index < -0.39 is 0 Å². The topological polar surface area (TPSA) is 72.3 Å². The van der Waals surface area contributed by atoms with Crippen molar-refractivity contribution in [1.29, 1.82) is 0 Å². The second kappa shape index (κ2) is 9.41. The summed E-state index contributed by atoms with van der Waals surface area (Å²) < 4.78 is 7.72. The Morgan fingerprint density at radius 3 is 2.48 bits per heavy atom. The maximum atomic E-state index is 12.6. The van der Waals surface area contributed by atoms with Crippen LogP contribution in [0.15, 0.2) is 55.0 Å². The fraction of sp³-hybridized carbons (Fsp3) is 0.375. The number of rotatable bonds is 6.